The highest BCUT2D eigenvalue weighted by molar-refractivity contribution is 5.94. The normalized spacial score (nSPS) is 16.6. The van der Waals surface area contributed by atoms with Crippen LogP contribution in [0.4, 0.5) is 10.1 Å². The maximum absolute atomic E-state index is 13.1. The van der Waals surface area contributed by atoms with Crippen molar-refractivity contribution in [3.63, 3.8) is 0 Å². The summed E-state index contributed by atoms with van der Waals surface area (Å²) in [6.07, 6.45) is 1.03. The van der Waals surface area contributed by atoms with Crippen molar-refractivity contribution in [2.45, 2.75) is 26.8 Å². The number of anilines is 1. The van der Waals surface area contributed by atoms with Crippen LogP contribution in [0, 0.1) is 11.7 Å². The maximum Gasteiger partial charge on any atom is 0.251 e. The minimum Gasteiger partial charge on any atom is -0.371 e. The van der Waals surface area contributed by atoms with Gasteiger partial charge >= 0.3 is 0 Å². The molecule has 150 valence electrons. The van der Waals surface area contributed by atoms with Crippen molar-refractivity contribution in [2.75, 3.05) is 37.6 Å². The van der Waals surface area contributed by atoms with E-state index < -0.39 is 0 Å². The van der Waals surface area contributed by atoms with Gasteiger partial charge in [-0.25, -0.2) is 4.39 Å². The fourth-order valence-corrected chi connectivity index (χ4v) is 3.69. The Balaban J connectivity index is 1.47. The second-order valence-electron chi connectivity index (χ2n) is 7.45. The molecule has 28 heavy (non-hydrogen) atoms. The average molecular weight is 384 g/mol. The van der Waals surface area contributed by atoms with Crippen molar-refractivity contribution < 1.29 is 9.18 Å². The Bertz CT molecular complexity index is 756. The quantitative estimate of drug-likeness (QED) is 0.750. The highest BCUT2D eigenvalue weighted by Crippen LogP contribution is 2.23. The van der Waals surface area contributed by atoms with Crippen molar-refractivity contribution in [3.05, 3.63) is 65.5 Å². The van der Waals surface area contributed by atoms with Gasteiger partial charge in [-0.2, -0.15) is 0 Å². The van der Waals surface area contributed by atoms with Gasteiger partial charge in [0.05, 0.1) is 0 Å². The van der Waals surface area contributed by atoms with Gasteiger partial charge in [-0.1, -0.05) is 26.0 Å². The van der Waals surface area contributed by atoms with E-state index in [0.29, 0.717) is 18.0 Å². The van der Waals surface area contributed by atoms with Crippen LogP contribution in [-0.2, 0) is 6.54 Å². The summed E-state index contributed by atoms with van der Waals surface area (Å²) in [5, 5.41) is 3.07. The highest BCUT2D eigenvalue weighted by Gasteiger charge is 2.23. The minimum absolute atomic E-state index is 0.0189. The number of halogens is 1. The predicted molar refractivity (Wildman–Crippen MR) is 112 cm³/mol. The van der Waals surface area contributed by atoms with Crippen molar-refractivity contribution in [2.24, 2.45) is 5.92 Å². The average Bonchev–Trinajstić information content (AvgIpc) is 3.20. The molecule has 0 aliphatic carbocycles. The number of carbonyl (C=O) groups is 1. The molecule has 2 aromatic carbocycles. The summed E-state index contributed by atoms with van der Waals surface area (Å²) < 4.78 is 13.1. The minimum atomic E-state index is -0.213. The van der Waals surface area contributed by atoms with Crippen LogP contribution in [-0.4, -0.2) is 43.5 Å². The molecule has 0 saturated carbocycles. The van der Waals surface area contributed by atoms with E-state index in [1.54, 1.807) is 0 Å². The zero-order valence-electron chi connectivity index (χ0n) is 16.8. The molecular formula is C23H30FN3O. The van der Waals surface area contributed by atoms with Gasteiger partial charge in [0.2, 0.25) is 0 Å². The standard InChI is InChI=1S/C23H30FN3O/c1-3-26(4-2)16-18-5-7-20(8-6-18)23(28)25-15-19-13-14-27(17-19)22-11-9-21(24)10-12-22/h5-12,19H,3-4,13-17H2,1-2H3,(H,25,28)/t19-/m1/s1. The first-order valence-corrected chi connectivity index (χ1v) is 10.2. The van der Waals surface area contributed by atoms with Crippen molar-refractivity contribution >= 4 is 11.6 Å². The third kappa shape index (κ3) is 5.32. The largest absolute Gasteiger partial charge is 0.371 e. The molecule has 0 radical (unpaired) electrons. The molecule has 0 unspecified atom stereocenters. The van der Waals surface area contributed by atoms with Gasteiger partial charge < -0.3 is 10.2 Å². The van der Waals surface area contributed by atoms with Crippen LogP contribution < -0.4 is 10.2 Å². The van der Waals surface area contributed by atoms with Gasteiger partial charge in [0.15, 0.2) is 0 Å². The molecule has 0 spiro atoms. The van der Waals surface area contributed by atoms with Crippen LogP contribution in [0.5, 0.6) is 0 Å². The molecule has 1 aliphatic rings. The molecule has 5 heteroatoms. The lowest BCUT2D eigenvalue weighted by Gasteiger charge is -2.19. The molecule has 0 aromatic heterocycles. The van der Waals surface area contributed by atoms with E-state index in [1.807, 2.05) is 36.4 Å². The van der Waals surface area contributed by atoms with Crippen LogP contribution in [0.2, 0.25) is 0 Å². The molecule has 1 N–H and O–H groups in total. The Labute approximate surface area is 167 Å². The SMILES string of the molecule is CCN(CC)Cc1ccc(C(=O)NC[C@H]2CCN(c3ccc(F)cc3)C2)cc1. The van der Waals surface area contributed by atoms with Crippen molar-refractivity contribution in [1.29, 1.82) is 0 Å². The molecule has 3 rings (SSSR count). The Kier molecular flexibility index (Phi) is 7.04. The summed E-state index contributed by atoms with van der Waals surface area (Å²) in [4.78, 5) is 17.1. The second-order valence-corrected chi connectivity index (χ2v) is 7.45. The number of nitrogens with zero attached hydrogens (tertiary/aromatic N) is 2. The third-order valence-corrected chi connectivity index (χ3v) is 5.55. The Morgan fingerprint density at radius 1 is 1.11 bits per heavy atom. The molecule has 1 aliphatic heterocycles. The maximum atomic E-state index is 13.1. The number of hydrogen-bond donors (Lipinski definition) is 1. The predicted octanol–water partition coefficient (Wildman–Crippen LogP) is 3.92. The number of nitrogens with one attached hydrogen (secondary N) is 1. The van der Waals surface area contributed by atoms with Crippen LogP contribution in [0.25, 0.3) is 0 Å². The van der Waals surface area contributed by atoms with E-state index in [1.165, 1.54) is 17.7 Å². The molecule has 1 atom stereocenters. The Morgan fingerprint density at radius 3 is 2.43 bits per heavy atom. The summed E-state index contributed by atoms with van der Waals surface area (Å²) >= 11 is 0. The smallest absolute Gasteiger partial charge is 0.251 e. The van der Waals surface area contributed by atoms with E-state index in [0.717, 1.165) is 44.8 Å². The second kappa shape index (κ2) is 9.69. The van der Waals surface area contributed by atoms with Gasteiger partial charge in [0.1, 0.15) is 5.82 Å². The summed E-state index contributed by atoms with van der Waals surface area (Å²) in [5.74, 6) is 0.181. The molecule has 4 nitrogen and oxygen atoms in total. The van der Waals surface area contributed by atoms with Crippen molar-refractivity contribution in [1.82, 2.24) is 10.2 Å². The fraction of sp³-hybridized carbons (Fsp3) is 0.435. The number of rotatable bonds is 8. The van der Waals surface area contributed by atoms with Crippen LogP contribution in [0.1, 0.15) is 36.2 Å². The molecule has 0 bridgehead atoms. The van der Waals surface area contributed by atoms with Gasteiger partial charge in [0.25, 0.3) is 5.91 Å². The first kappa shape index (κ1) is 20.3. The lowest BCUT2D eigenvalue weighted by atomic mass is 10.1. The third-order valence-electron chi connectivity index (χ3n) is 5.55. The topological polar surface area (TPSA) is 35.6 Å². The van der Waals surface area contributed by atoms with Crippen LogP contribution in [0.15, 0.2) is 48.5 Å². The van der Waals surface area contributed by atoms with Crippen molar-refractivity contribution in [3.8, 4) is 0 Å². The molecular weight excluding hydrogens is 353 g/mol. The molecule has 2 aromatic rings. The summed E-state index contributed by atoms with van der Waals surface area (Å²) in [6, 6.07) is 14.5. The van der Waals surface area contributed by atoms with Crippen LogP contribution in [0.3, 0.4) is 0 Å². The summed E-state index contributed by atoms with van der Waals surface area (Å²) in [5.41, 5.74) is 2.97. The monoisotopic (exact) mass is 383 g/mol. The van der Waals surface area contributed by atoms with Gasteiger partial charge in [0, 0.05) is 37.4 Å². The molecule has 1 saturated heterocycles. The van der Waals surface area contributed by atoms with E-state index in [4.69, 9.17) is 0 Å². The van der Waals surface area contributed by atoms with Gasteiger partial charge in [-0.15, -0.1) is 0 Å². The molecule has 1 heterocycles. The Morgan fingerprint density at radius 2 is 1.79 bits per heavy atom. The molecule has 1 amide bonds. The Hall–Kier alpha value is -2.40. The van der Waals surface area contributed by atoms with Gasteiger partial charge in [-0.05, 0) is 67.4 Å². The van der Waals surface area contributed by atoms with Gasteiger partial charge in [-0.3, -0.25) is 9.69 Å². The number of benzene rings is 2. The zero-order valence-corrected chi connectivity index (χ0v) is 16.8. The summed E-state index contributed by atoms with van der Waals surface area (Å²) in [6.45, 7) is 9.76. The lowest BCUT2D eigenvalue weighted by Crippen LogP contribution is -2.31. The molecule has 1 fully saturated rings. The van der Waals surface area contributed by atoms with E-state index in [-0.39, 0.29) is 11.7 Å². The van der Waals surface area contributed by atoms with Crippen LogP contribution >= 0.6 is 0 Å². The first-order chi connectivity index (χ1) is 13.6. The highest BCUT2D eigenvalue weighted by atomic mass is 19.1. The number of amides is 1. The lowest BCUT2D eigenvalue weighted by molar-refractivity contribution is 0.0948. The van der Waals surface area contributed by atoms with E-state index >= 15 is 0 Å². The zero-order chi connectivity index (χ0) is 19.9. The fourth-order valence-electron chi connectivity index (χ4n) is 3.69. The first-order valence-electron chi connectivity index (χ1n) is 10.2. The van der Waals surface area contributed by atoms with E-state index in [9.17, 15) is 9.18 Å². The number of carbonyl (C=O) groups excluding carboxylic acids is 1. The number of hydrogen-bond acceptors (Lipinski definition) is 3. The summed E-state index contributed by atoms with van der Waals surface area (Å²) in [7, 11) is 0. The van der Waals surface area contributed by atoms with E-state index in [2.05, 4.69) is 29.0 Å².